The first-order chi connectivity index (χ1) is 9.60. The normalized spacial score (nSPS) is 10.2. The van der Waals surface area contributed by atoms with Crippen LogP contribution in [0.2, 0.25) is 5.15 Å². The second kappa shape index (κ2) is 6.39. The van der Waals surface area contributed by atoms with E-state index in [9.17, 15) is 4.79 Å². The van der Waals surface area contributed by atoms with Crippen LogP contribution in [0.4, 0.5) is 11.4 Å². The lowest BCUT2D eigenvalue weighted by Gasteiger charge is -2.11. The zero-order valence-electron chi connectivity index (χ0n) is 11.3. The highest BCUT2D eigenvalue weighted by Gasteiger charge is 2.14. The molecule has 0 unspecified atom stereocenters. The second-order valence-corrected chi connectivity index (χ2v) is 4.65. The van der Waals surface area contributed by atoms with Crippen LogP contribution in [-0.4, -0.2) is 17.6 Å². The molecule has 1 N–H and O–H groups in total. The fourth-order valence-corrected chi connectivity index (χ4v) is 1.94. The highest BCUT2D eigenvalue weighted by molar-refractivity contribution is 6.29. The predicted molar refractivity (Wildman–Crippen MR) is 79.7 cm³/mol. The number of esters is 1. The minimum atomic E-state index is -0.424. The molecule has 5 heteroatoms. The van der Waals surface area contributed by atoms with E-state index < -0.39 is 5.97 Å². The minimum absolute atomic E-state index is 0.311. The Balaban J connectivity index is 2.34. The van der Waals surface area contributed by atoms with Crippen LogP contribution in [0.3, 0.4) is 0 Å². The quantitative estimate of drug-likeness (QED) is 0.684. The molecule has 1 aromatic heterocycles. The van der Waals surface area contributed by atoms with Crippen molar-refractivity contribution in [2.45, 2.75) is 13.8 Å². The van der Waals surface area contributed by atoms with Crippen molar-refractivity contribution in [2.75, 3.05) is 11.9 Å². The lowest BCUT2D eigenvalue weighted by atomic mass is 10.2. The summed E-state index contributed by atoms with van der Waals surface area (Å²) in [6, 6.07) is 9.43. The lowest BCUT2D eigenvalue weighted by molar-refractivity contribution is 0.0527. The summed E-state index contributed by atoms with van der Waals surface area (Å²) in [5, 5.41) is 3.48. The third kappa shape index (κ3) is 3.48. The number of anilines is 2. The maximum atomic E-state index is 11.9. The summed E-state index contributed by atoms with van der Waals surface area (Å²) in [4.78, 5) is 15.8. The van der Waals surface area contributed by atoms with Crippen LogP contribution in [0, 0.1) is 6.92 Å². The van der Waals surface area contributed by atoms with E-state index in [0.717, 1.165) is 11.3 Å². The van der Waals surface area contributed by atoms with Crippen LogP contribution in [0.5, 0.6) is 0 Å². The summed E-state index contributed by atoms with van der Waals surface area (Å²) in [7, 11) is 0. The summed E-state index contributed by atoms with van der Waals surface area (Å²) in [5.41, 5.74) is 2.93. The van der Waals surface area contributed by atoms with Gasteiger partial charge < -0.3 is 10.1 Å². The van der Waals surface area contributed by atoms with E-state index >= 15 is 0 Å². The lowest BCUT2D eigenvalue weighted by Crippen LogP contribution is -2.08. The zero-order valence-corrected chi connectivity index (χ0v) is 12.1. The summed E-state index contributed by atoms with van der Waals surface area (Å²) in [6.07, 6.45) is 1.42. The molecule has 0 amide bonds. The van der Waals surface area contributed by atoms with Gasteiger partial charge in [-0.2, -0.15) is 0 Å². The van der Waals surface area contributed by atoms with Gasteiger partial charge in [0.05, 0.1) is 12.3 Å². The number of hydrogen-bond donors (Lipinski definition) is 1. The molecule has 0 aliphatic carbocycles. The number of hydrogen-bond acceptors (Lipinski definition) is 4. The fourth-order valence-electron chi connectivity index (χ4n) is 1.78. The Kier molecular flexibility index (Phi) is 4.58. The second-order valence-electron chi connectivity index (χ2n) is 4.27. The largest absolute Gasteiger partial charge is 0.462 e. The molecule has 0 bridgehead atoms. The van der Waals surface area contributed by atoms with Gasteiger partial charge in [0.1, 0.15) is 10.7 Å². The average molecular weight is 291 g/mol. The van der Waals surface area contributed by atoms with Gasteiger partial charge in [0.25, 0.3) is 0 Å². The standard InChI is InChI=1S/C15H15ClN2O2/c1-3-20-15(19)12-9-17-14(16)8-13(12)18-11-6-4-5-10(2)7-11/h4-9H,3H2,1-2H3,(H,17,18). The number of nitrogens with one attached hydrogen (secondary N) is 1. The first-order valence-electron chi connectivity index (χ1n) is 6.26. The molecular formula is C15H15ClN2O2. The van der Waals surface area contributed by atoms with E-state index in [2.05, 4.69) is 10.3 Å². The molecule has 0 radical (unpaired) electrons. The van der Waals surface area contributed by atoms with Crippen molar-refractivity contribution >= 4 is 28.9 Å². The van der Waals surface area contributed by atoms with Gasteiger partial charge in [-0.15, -0.1) is 0 Å². The van der Waals surface area contributed by atoms with Crippen LogP contribution >= 0.6 is 11.6 Å². The fraction of sp³-hybridized carbons (Fsp3) is 0.200. The molecule has 0 saturated heterocycles. The Hall–Kier alpha value is -2.07. The molecule has 0 atom stereocenters. The van der Waals surface area contributed by atoms with Gasteiger partial charge in [0.15, 0.2) is 0 Å². The molecular weight excluding hydrogens is 276 g/mol. The molecule has 0 aliphatic heterocycles. The number of carbonyl (C=O) groups is 1. The van der Waals surface area contributed by atoms with Crippen LogP contribution in [0.15, 0.2) is 36.5 Å². The number of aromatic nitrogens is 1. The van der Waals surface area contributed by atoms with E-state index in [1.807, 2.05) is 31.2 Å². The first kappa shape index (κ1) is 14.3. The Morgan fingerprint density at radius 3 is 2.90 bits per heavy atom. The van der Waals surface area contributed by atoms with E-state index in [-0.39, 0.29) is 0 Å². The Morgan fingerprint density at radius 1 is 1.40 bits per heavy atom. The Bertz CT molecular complexity index is 629. The highest BCUT2D eigenvalue weighted by atomic mass is 35.5. The third-order valence-electron chi connectivity index (χ3n) is 2.66. The molecule has 0 aliphatic rings. The van der Waals surface area contributed by atoms with Crippen molar-refractivity contribution in [2.24, 2.45) is 0 Å². The van der Waals surface area contributed by atoms with Gasteiger partial charge in [-0.05, 0) is 37.6 Å². The number of aryl methyl sites for hydroxylation is 1. The highest BCUT2D eigenvalue weighted by Crippen LogP contribution is 2.24. The number of rotatable bonds is 4. The summed E-state index contributed by atoms with van der Waals surface area (Å²) in [6.45, 7) is 4.07. The zero-order chi connectivity index (χ0) is 14.5. The molecule has 1 aromatic carbocycles. The summed E-state index contributed by atoms with van der Waals surface area (Å²) in [5.74, 6) is -0.424. The molecule has 20 heavy (non-hydrogen) atoms. The number of carbonyl (C=O) groups excluding carboxylic acids is 1. The van der Waals surface area contributed by atoms with E-state index in [1.165, 1.54) is 6.20 Å². The molecule has 0 saturated carbocycles. The van der Waals surface area contributed by atoms with Crippen molar-refractivity contribution in [1.29, 1.82) is 0 Å². The maximum Gasteiger partial charge on any atom is 0.341 e. The van der Waals surface area contributed by atoms with Crippen molar-refractivity contribution in [3.63, 3.8) is 0 Å². The molecule has 0 fully saturated rings. The van der Waals surface area contributed by atoms with Crippen LogP contribution < -0.4 is 5.32 Å². The molecule has 2 rings (SSSR count). The number of ether oxygens (including phenoxy) is 1. The first-order valence-corrected chi connectivity index (χ1v) is 6.64. The van der Waals surface area contributed by atoms with Crippen molar-refractivity contribution < 1.29 is 9.53 Å². The van der Waals surface area contributed by atoms with Crippen LogP contribution in [0.25, 0.3) is 0 Å². The van der Waals surface area contributed by atoms with Gasteiger partial charge in [-0.1, -0.05) is 23.7 Å². The Morgan fingerprint density at radius 2 is 2.20 bits per heavy atom. The van der Waals surface area contributed by atoms with Crippen molar-refractivity contribution in [3.05, 3.63) is 52.8 Å². The smallest absolute Gasteiger partial charge is 0.341 e. The van der Waals surface area contributed by atoms with E-state index in [0.29, 0.717) is 23.0 Å². The monoisotopic (exact) mass is 290 g/mol. The van der Waals surface area contributed by atoms with Gasteiger partial charge in [-0.25, -0.2) is 9.78 Å². The topological polar surface area (TPSA) is 51.2 Å². The number of nitrogens with zero attached hydrogens (tertiary/aromatic N) is 1. The number of benzene rings is 1. The molecule has 2 aromatic rings. The molecule has 4 nitrogen and oxygen atoms in total. The van der Waals surface area contributed by atoms with Gasteiger partial charge in [-0.3, -0.25) is 0 Å². The van der Waals surface area contributed by atoms with E-state index in [1.54, 1.807) is 13.0 Å². The molecule has 1 heterocycles. The Labute approximate surface area is 122 Å². The maximum absolute atomic E-state index is 11.9. The third-order valence-corrected chi connectivity index (χ3v) is 2.87. The number of halogens is 1. The SMILES string of the molecule is CCOC(=O)c1cnc(Cl)cc1Nc1cccc(C)c1. The minimum Gasteiger partial charge on any atom is -0.462 e. The predicted octanol–water partition coefficient (Wildman–Crippen LogP) is 3.96. The van der Waals surface area contributed by atoms with E-state index in [4.69, 9.17) is 16.3 Å². The van der Waals surface area contributed by atoms with Gasteiger partial charge in [0, 0.05) is 11.9 Å². The summed E-state index contributed by atoms with van der Waals surface area (Å²) >= 11 is 5.89. The van der Waals surface area contributed by atoms with Crippen LogP contribution in [0.1, 0.15) is 22.8 Å². The number of pyridine rings is 1. The average Bonchev–Trinajstić information content (AvgIpc) is 2.39. The molecule has 0 spiro atoms. The molecule has 104 valence electrons. The summed E-state index contributed by atoms with van der Waals surface area (Å²) < 4.78 is 5.01. The van der Waals surface area contributed by atoms with Crippen molar-refractivity contribution in [1.82, 2.24) is 4.98 Å². The van der Waals surface area contributed by atoms with Gasteiger partial charge in [0.2, 0.25) is 0 Å². The van der Waals surface area contributed by atoms with Gasteiger partial charge >= 0.3 is 5.97 Å². The van der Waals surface area contributed by atoms with Crippen molar-refractivity contribution in [3.8, 4) is 0 Å². The van der Waals surface area contributed by atoms with Crippen LogP contribution in [-0.2, 0) is 4.74 Å².